The molecule has 0 radical (unpaired) electrons. The molecule has 1 unspecified atom stereocenters. The summed E-state index contributed by atoms with van der Waals surface area (Å²) in [4.78, 5) is 11.8. The number of benzene rings is 2. The van der Waals surface area contributed by atoms with Gasteiger partial charge in [0.05, 0.1) is 28.3 Å². The van der Waals surface area contributed by atoms with Gasteiger partial charge in [0.2, 0.25) is 0 Å². The lowest BCUT2D eigenvalue weighted by Gasteiger charge is -2.14. The molecule has 0 N–H and O–H groups in total. The maximum absolute atomic E-state index is 14.0. The van der Waals surface area contributed by atoms with Gasteiger partial charge in [-0.1, -0.05) is 22.8 Å². The minimum atomic E-state index is -0.655. The van der Waals surface area contributed by atoms with Crippen molar-refractivity contribution in [2.75, 3.05) is 13.6 Å². The number of oxime groups is 1. The quantitative estimate of drug-likeness (QED) is 0.505. The molecule has 1 atom stereocenters. The van der Waals surface area contributed by atoms with Crippen LogP contribution in [0.15, 0.2) is 40.5 Å². The van der Waals surface area contributed by atoms with E-state index in [9.17, 15) is 8.78 Å². The fourth-order valence-electron chi connectivity index (χ4n) is 2.84. The van der Waals surface area contributed by atoms with Gasteiger partial charge in [-0.3, -0.25) is 0 Å². The Labute approximate surface area is 162 Å². The molecule has 2 aromatic rings. The third-order valence-corrected chi connectivity index (χ3v) is 4.80. The summed E-state index contributed by atoms with van der Waals surface area (Å²) in [5, 5.41) is 4.38. The summed E-state index contributed by atoms with van der Waals surface area (Å²) in [5.41, 5.74) is 2.49. The fourth-order valence-corrected chi connectivity index (χ4v) is 3.06. The van der Waals surface area contributed by atoms with Gasteiger partial charge in [0.15, 0.2) is 6.10 Å². The van der Waals surface area contributed by atoms with E-state index in [4.69, 9.17) is 16.4 Å². The molecule has 0 fully saturated rings. The second-order valence-corrected chi connectivity index (χ2v) is 6.82. The van der Waals surface area contributed by atoms with Crippen molar-refractivity contribution in [1.82, 2.24) is 4.90 Å². The second-order valence-electron chi connectivity index (χ2n) is 6.41. The van der Waals surface area contributed by atoms with Crippen molar-refractivity contribution in [2.24, 2.45) is 10.1 Å². The highest BCUT2D eigenvalue weighted by molar-refractivity contribution is 6.33. The molecule has 3 rings (SSSR count). The molecule has 7 heteroatoms. The van der Waals surface area contributed by atoms with E-state index < -0.39 is 17.7 Å². The highest BCUT2D eigenvalue weighted by Crippen LogP contribution is 2.37. The first kappa shape index (κ1) is 19.3. The van der Waals surface area contributed by atoms with Gasteiger partial charge in [-0.25, -0.2) is 13.8 Å². The summed E-state index contributed by atoms with van der Waals surface area (Å²) in [7, 11) is 1.92. The Morgan fingerprint density at radius 1 is 1.33 bits per heavy atom. The van der Waals surface area contributed by atoms with Crippen molar-refractivity contribution in [3.63, 3.8) is 0 Å². The van der Waals surface area contributed by atoms with Crippen LogP contribution in [0.3, 0.4) is 0 Å². The van der Waals surface area contributed by atoms with Crippen LogP contribution in [0.1, 0.15) is 36.1 Å². The van der Waals surface area contributed by atoms with E-state index in [-0.39, 0.29) is 17.7 Å². The molecule has 0 aliphatic carbocycles. The van der Waals surface area contributed by atoms with E-state index >= 15 is 0 Å². The van der Waals surface area contributed by atoms with Crippen LogP contribution in [0.4, 0.5) is 14.5 Å². The van der Waals surface area contributed by atoms with Gasteiger partial charge < -0.3 is 9.74 Å². The molecule has 0 spiro atoms. The highest BCUT2D eigenvalue weighted by Gasteiger charge is 2.29. The molecule has 142 valence electrons. The molecular weight excluding hydrogens is 372 g/mol. The zero-order valence-corrected chi connectivity index (χ0v) is 16.1. The number of nitrogens with zero attached hydrogens (tertiary/aromatic N) is 3. The van der Waals surface area contributed by atoms with Crippen LogP contribution in [0.5, 0.6) is 0 Å². The number of hydrogen-bond acceptors (Lipinski definition) is 3. The minimum Gasteiger partial charge on any atom is -0.387 e. The number of hydrogen-bond donors (Lipinski definition) is 0. The summed E-state index contributed by atoms with van der Waals surface area (Å²) in [6.07, 6.45) is 1.53. The van der Waals surface area contributed by atoms with E-state index in [1.165, 1.54) is 18.2 Å². The molecule has 0 bridgehead atoms. The zero-order chi connectivity index (χ0) is 19.6. The summed E-state index contributed by atoms with van der Waals surface area (Å²) in [6.45, 7) is 4.77. The molecular formula is C20H20ClF2N3O. The van der Waals surface area contributed by atoms with E-state index in [2.05, 4.69) is 10.1 Å². The maximum atomic E-state index is 14.0. The first-order chi connectivity index (χ1) is 12.9. The Morgan fingerprint density at radius 3 is 2.70 bits per heavy atom. The molecule has 0 saturated heterocycles. The van der Waals surface area contributed by atoms with Gasteiger partial charge in [-0.05, 0) is 49.2 Å². The van der Waals surface area contributed by atoms with Crippen LogP contribution in [-0.2, 0) is 4.84 Å². The lowest BCUT2D eigenvalue weighted by molar-refractivity contribution is 0.0853. The van der Waals surface area contributed by atoms with Crippen LogP contribution >= 0.6 is 11.6 Å². The van der Waals surface area contributed by atoms with Gasteiger partial charge in [0, 0.05) is 20.0 Å². The second kappa shape index (κ2) is 8.05. The molecule has 0 amide bonds. The Bertz CT molecular complexity index is 894. The van der Waals surface area contributed by atoms with Crippen molar-refractivity contribution in [1.29, 1.82) is 0 Å². The molecule has 1 aliphatic rings. The fraction of sp³-hybridized carbons (Fsp3) is 0.300. The smallest absolute Gasteiger partial charge is 0.158 e. The molecule has 1 heterocycles. The normalized spacial score (nSPS) is 16.5. The summed E-state index contributed by atoms with van der Waals surface area (Å²) in [6, 6.07) is 7.37. The van der Waals surface area contributed by atoms with Gasteiger partial charge in [0.25, 0.3) is 0 Å². The third-order valence-electron chi connectivity index (χ3n) is 4.50. The molecule has 0 saturated carbocycles. The van der Waals surface area contributed by atoms with E-state index in [1.807, 2.05) is 31.9 Å². The minimum absolute atomic E-state index is 0.146. The first-order valence-corrected chi connectivity index (χ1v) is 9.00. The van der Waals surface area contributed by atoms with Crippen molar-refractivity contribution in [3.8, 4) is 0 Å². The zero-order valence-electron chi connectivity index (χ0n) is 15.3. The largest absolute Gasteiger partial charge is 0.387 e. The van der Waals surface area contributed by atoms with Gasteiger partial charge in [-0.15, -0.1) is 0 Å². The Hall–Kier alpha value is -2.47. The van der Waals surface area contributed by atoms with Crippen LogP contribution in [0, 0.1) is 18.6 Å². The lowest BCUT2D eigenvalue weighted by atomic mass is 9.96. The van der Waals surface area contributed by atoms with E-state index in [0.29, 0.717) is 10.7 Å². The lowest BCUT2D eigenvalue weighted by Crippen LogP contribution is -2.14. The predicted octanol–water partition coefficient (Wildman–Crippen LogP) is 5.40. The van der Waals surface area contributed by atoms with Crippen LogP contribution < -0.4 is 0 Å². The van der Waals surface area contributed by atoms with Crippen molar-refractivity contribution in [3.05, 3.63) is 63.7 Å². The number of aliphatic imine (C=N–C) groups is 1. The number of rotatable bonds is 5. The molecule has 1 aliphatic heterocycles. The average molecular weight is 392 g/mol. The van der Waals surface area contributed by atoms with Crippen molar-refractivity contribution in [2.45, 2.75) is 26.4 Å². The molecule has 4 nitrogen and oxygen atoms in total. The number of halogens is 3. The number of aryl methyl sites for hydroxylation is 1. The summed E-state index contributed by atoms with van der Waals surface area (Å²) < 4.78 is 28.0. The Balaban J connectivity index is 1.83. The standard InChI is InChI=1S/C20H20ClF2N3O/c1-4-26(3)11-24-17-8-12(2)13(9-14(17)21)19-10-18(25-27-19)20-15(22)6-5-7-16(20)23/h5-9,11,19H,4,10H2,1-3H3/b24-11-. The van der Waals surface area contributed by atoms with Crippen molar-refractivity contribution < 1.29 is 13.6 Å². The molecule has 0 aromatic heterocycles. The Kier molecular flexibility index (Phi) is 5.75. The topological polar surface area (TPSA) is 37.2 Å². The summed E-state index contributed by atoms with van der Waals surface area (Å²) >= 11 is 6.37. The van der Waals surface area contributed by atoms with Crippen LogP contribution in [0.25, 0.3) is 0 Å². The van der Waals surface area contributed by atoms with E-state index in [0.717, 1.165) is 17.7 Å². The Morgan fingerprint density at radius 2 is 2.04 bits per heavy atom. The third kappa shape index (κ3) is 4.11. The molecule has 2 aromatic carbocycles. The predicted molar refractivity (Wildman–Crippen MR) is 104 cm³/mol. The van der Waals surface area contributed by atoms with Crippen LogP contribution in [0.2, 0.25) is 5.02 Å². The van der Waals surface area contributed by atoms with E-state index in [1.54, 1.807) is 12.4 Å². The highest BCUT2D eigenvalue weighted by atomic mass is 35.5. The van der Waals surface area contributed by atoms with Crippen LogP contribution in [-0.4, -0.2) is 30.5 Å². The van der Waals surface area contributed by atoms with Gasteiger partial charge in [-0.2, -0.15) is 0 Å². The summed E-state index contributed by atoms with van der Waals surface area (Å²) in [5.74, 6) is -1.31. The average Bonchev–Trinajstić information content (AvgIpc) is 3.11. The van der Waals surface area contributed by atoms with Gasteiger partial charge >= 0.3 is 0 Å². The van der Waals surface area contributed by atoms with Crippen molar-refractivity contribution >= 4 is 29.3 Å². The maximum Gasteiger partial charge on any atom is 0.158 e. The first-order valence-electron chi connectivity index (χ1n) is 8.62. The molecule has 27 heavy (non-hydrogen) atoms. The SMILES string of the molecule is CCN(C)/C=N\c1cc(C)c(C2CC(c3c(F)cccc3F)=NO2)cc1Cl. The monoisotopic (exact) mass is 391 g/mol. The van der Waals surface area contributed by atoms with Gasteiger partial charge in [0.1, 0.15) is 11.6 Å².